The van der Waals surface area contributed by atoms with E-state index in [-0.39, 0.29) is 11.6 Å². The summed E-state index contributed by atoms with van der Waals surface area (Å²) in [7, 11) is 0. The van der Waals surface area contributed by atoms with Crippen LogP contribution in [0.3, 0.4) is 0 Å². The highest BCUT2D eigenvalue weighted by Gasteiger charge is 2.12. The number of nitrogens with zero attached hydrogens (tertiary/aromatic N) is 1. The highest BCUT2D eigenvalue weighted by atomic mass is 16.5. The molecule has 0 aliphatic heterocycles. The van der Waals surface area contributed by atoms with Crippen molar-refractivity contribution in [2.24, 2.45) is 0 Å². The van der Waals surface area contributed by atoms with E-state index in [9.17, 15) is 0 Å². The fourth-order valence-corrected chi connectivity index (χ4v) is 1.84. The molecule has 1 aromatic carbocycles. The van der Waals surface area contributed by atoms with Crippen LogP contribution < -0.4 is 10.1 Å². The lowest BCUT2D eigenvalue weighted by Crippen LogP contribution is -2.41. The lowest BCUT2D eigenvalue weighted by atomic mass is 10.1. The van der Waals surface area contributed by atoms with Gasteiger partial charge in [-0.05, 0) is 45.9 Å². The highest BCUT2D eigenvalue weighted by Crippen LogP contribution is 2.19. The van der Waals surface area contributed by atoms with Gasteiger partial charge >= 0.3 is 0 Å². The molecule has 0 aliphatic carbocycles. The molecule has 3 heteroatoms. The van der Waals surface area contributed by atoms with Gasteiger partial charge in [-0.3, -0.25) is 4.98 Å². The van der Waals surface area contributed by atoms with Crippen LogP contribution in [-0.4, -0.2) is 23.2 Å². The first kappa shape index (κ1) is 13.8. The number of aromatic nitrogens is 1. The van der Waals surface area contributed by atoms with Gasteiger partial charge in [-0.1, -0.05) is 6.07 Å². The van der Waals surface area contributed by atoms with Crippen molar-refractivity contribution in [3.63, 3.8) is 0 Å². The standard InChI is InChI=1S/C16H22N2O/c1-12(11-18-16(2,3)4)19-14-8-7-13-6-5-9-17-15(13)10-14/h5-10,12,18H,11H2,1-4H3. The van der Waals surface area contributed by atoms with Crippen LogP contribution in [0.2, 0.25) is 0 Å². The number of ether oxygens (including phenoxy) is 1. The summed E-state index contributed by atoms with van der Waals surface area (Å²) in [5.41, 5.74) is 1.08. The fraction of sp³-hybridized carbons (Fsp3) is 0.438. The van der Waals surface area contributed by atoms with Gasteiger partial charge in [-0.15, -0.1) is 0 Å². The molecule has 1 atom stereocenters. The van der Waals surface area contributed by atoms with Crippen LogP contribution in [-0.2, 0) is 0 Å². The second-order valence-corrected chi connectivity index (χ2v) is 5.92. The number of rotatable bonds is 4. The Morgan fingerprint density at radius 1 is 1.26 bits per heavy atom. The van der Waals surface area contributed by atoms with Gasteiger partial charge < -0.3 is 10.1 Å². The smallest absolute Gasteiger partial charge is 0.121 e. The van der Waals surface area contributed by atoms with Crippen molar-refractivity contribution in [1.29, 1.82) is 0 Å². The molecule has 1 aromatic heterocycles. The maximum Gasteiger partial charge on any atom is 0.121 e. The number of hydrogen-bond donors (Lipinski definition) is 1. The third-order valence-corrected chi connectivity index (χ3v) is 2.83. The molecule has 0 aliphatic rings. The summed E-state index contributed by atoms with van der Waals surface area (Å²) in [5, 5.41) is 4.57. The van der Waals surface area contributed by atoms with E-state index in [2.05, 4.69) is 44.1 Å². The van der Waals surface area contributed by atoms with Gasteiger partial charge in [0.05, 0.1) is 5.52 Å². The van der Waals surface area contributed by atoms with Crippen LogP contribution >= 0.6 is 0 Å². The Hall–Kier alpha value is -1.61. The summed E-state index contributed by atoms with van der Waals surface area (Å²) < 4.78 is 5.92. The van der Waals surface area contributed by atoms with Crippen molar-refractivity contribution >= 4 is 10.9 Å². The number of benzene rings is 1. The van der Waals surface area contributed by atoms with Crippen molar-refractivity contribution in [3.05, 3.63) is 36.5 Å². The van der Waals surface area contributed by atoms with Crippen molar-refractivity contribution in [1.82, 2.24) is 10.3 Å². The topological polar surface area (TPSA) is 34.1 Å². The Morgan fingerprint density at radius 2 is 2.05 bits per heavy atom. The first-order valence-electron chi connectivity index (χ1n) is 6.70. The zero-order chi connectivity index (χ0) is 13.9. The van der Waals surface area contributed by atoms with E-state index in [1.54, 1.807) is 6.20 Å². The van der Waals surface area contributed by atoms with Gasteiger partial charge in [0, 0.05) is 29.7 Å². The maximum atomic E-state index is 5.92. The van der Waals surface area contributed by atoms with E-state index in [0.717, 1.165) is 23.2 Å². The summed E-state index contributed by atoms with van der Waals surface area (Å²) in [4.78, 5) is 4.34. The molecular formula is C16H22N2O. The largest absolute Gasteiger partial charge is 0.489 e. The van der Waals surface area contributed by atoms with Gasteiger partial charge in [0.25, 0.3) is 0 Å². The third-order valence-electron chi connectivity index (χ3n) is 2.83. The predicted octanol–water partition coefficient (Wildman–Crippen LogP) is 3.39. The fourth-order valence-electron chi connectivity index (χ4n) is 1.84. The van der Waals surface area contributed by atoms with Gasteiger partial charge in [0.2, 0.25) is 0 Å². The normalized spacial score (nSPS) is 13.5. The molecule has 0 saturated carbocycles. The van der Waals surface area contributed by atoms with Gasteiger partial charge in [-0.25, -0.2) is 0 Å². The monoisotopic (exact) mass is 258 g/mol. The average molecular weight is 258 g/mol. The van der Waals surface area contributed by atoms with Gasteiger partial charge in [0.1, 0.15) is 11.9 Å². The lowest BCUT2D eigenvalue weighted by molar-refractivity contribution is 0.203. The number of fused-ring (bicyclic) bond motifs is 1. The number of pyridine rings is 1. The zero-order valence-electron chi connectivity index (χ0n) is 12.1. The molecule has 2 rings (SSSR count). The lowest BCUT2D eigenvalue weighted by Gasteiger charge is -2.24. The minimum Gasteiger partial charge on any atom is -0.489 e. The maximum absolute atomic E-state index is 5.92. The van der Waals surface area contributed by atoms with Crippen LogP contribution in [0, 0.1) is 0 Å². The first-order valence-corrected chi connectivity index (χ1v) is 6.70. The van der Waals surface area contributed by atoms with E-state index in [1.807, 2.05) is 24.3 Å². The average Bonchev–Trinajstić information content (AvgIpc) is 2.35. The molecule has 0 amide bonds. The third kappa shape index (κ3) is 4.21. The molecule has 0 radical (unpaired) electrons. The zero-order valence-corrected chi connectivity index (χ0v) is 12.1. The van der Waals surface area contributed by atoms with E-state index in [0.29, 0.717) is 0 Å². The molecule has 1 unspecified atom stereocenters. The van der Waals surface area contributed by atoms with Crippen molar-refractivity contribution in [2.45, 2.75) is 39.3 Å². The molecule has 19 heavy (non-hydrogen) atoms. The Kier molecular flexibility index (Phi) is 4.05. The second-order valence-electron chi connectivity index (χ2n) is 5.92. The van der Waals surface area contributed by atoms with Crippen LogP contribution in [0.15, 0.2) is 36.5 Å². The molecule has 1 heterocycles. The Morgan fingerprint density at radius 3 is 2.79 bits per heavy atom. The Balaban J connectivity index is 2.00. The molecule has 2 aromatic rings. The SMILES string of the molecule is CC(CNC(C)(C)C)Oc1ccc2cccnc2c1. The second kappa shape index (κ2) is 5.57. The van der Waals surface area contributed by atoms with Crippen LogP contribution in [0.25, 0.3) is 10.9 Å². The van der Waals surface area contributed by atoms with E-state index < -0.39 is 0 Å². The summed E-state index contributed by atoms with van der Waals surface area (Å²) in [6.45, 7) is 9.35. The molecule has 3 nitrogen and oxygen atoms in total. The molecule has 0 saturated heterocycles. The van der Waals surface area contributed by atoms with Crippen molar-refractivity contribution < 1.29 is 4.74 Å². The molecule has 1 N–H and O–H groups in total. The quantitative estimate of drug-likeness (QED) is 0.912. The van der Waals surface area contributed by atoms with Crippen LogP contribution in [0.1, 0.15) is 27.7 Å². The van der Waals surface area contributed by atoms with Crippen molar-refractivity contribution in [2.75, 3.05) is 6.54 Å². The first-order chi connectivity index (χ1) is 8.94. The molecular weight excluding hydrogens is 236 g/mol. The Labute approximate surface area is 115 Å². The summed E-state index contributed by atoms with van der Waals surface area (Å²) >= 11 is 0. The number of nitrogens with one attached hydrogen (secondary N) is 1. The molecule has 0 spiro atoms. The molecule has 0 fully saturated rings. The van der Waals surface area contributed by atoms with Gasteiger partial charge in [0.15, 0.2) is 0 Å². The minimum atomic E-state index is 0.114. The van der Waals surface area contributed by atoms with Crippen molar-refractivity contribution in [3.8, 4) is 5.75 Å². The summed E-state index contributed by atoms with van der Waals surface area (Å²) in [5.74, 6) is 0.870. The summed E-state index contributed by atoms with van der Waals surface area (Å²) in [6.07, 6.45) is 1.93. The Bertz CT molecular complexity index is 546. The van der Waals surface area contributed by atoms with Crippen LogP contribution in [0.5, 0.6) is 5.75 Å². The number of hydrogen-bond acceptors (Lipinski definition) is 3. The van der Waals surface area contributed by atoms with Gasteiger partial charge in [-0.2, -0.15) is 0 Å². The van der Waals surface area contributed by atoms with Crippen LogP contribution in [0.4, 0.5) is 0 Å². The van der Waals surface area contributed by atoms with E-state index in [4.69, 9.17) is 4.74 Å². The predicted molar refractivity (Wildman–Crippen MR) is 79.6 cm³/mol. The molecule has 102 valence electrons. The van der Waals surface area contributed by atoms with E-state index in [1.165, 1.54) is 0 Å². The minimum absolute atomic E-state index is 0.114. The van der Waals surface area contributed by atoms with E-state index >= 15 is 0 Å². The molecule has 0 bridgehead atoms. The highest BCUT2D eigenvalue weighted by molar-refractivity contribution is 5.79. The summed E-state index contributed by atoms with van der Waals surface area (Å²) in [6, 6.07) is 10.0.